The number of sulfonamides is 1. The third-order valence-corrected chi connectivity index (χ3v) is 4.59. The van der Waals surface area contributed by atoms with E-state index >= 15 is 0 Å². The second kappa shape index (κ2) is 6.96. The number of hydrogen-bond acceptors (Lipinski definition) is 4. The normalized spacial score (nSPS) is 16.5. The number of methoxy groups -OCH3 is 1. The summed E-state index contributed by atoms with van der Waals surface area (Å²) in [5.74, 6) is 0.328. The van der Waals surface area contributed by atoms with Crippen LogP contribution in [-0.4, -0.2) is 33.8 Å². The van der Waals surface area contributed by atoms with E-state index in [2.05, 4.69) is 9.46 Å². The zero-order valence-electron chi connectivity index (χ0n) is 10.3. The molecule has 5 nitrogen and oxygen atoms in total. The number of rotatable bonds is 8. The number of carbonyl (C=O) groups excluding carboxylic acids is 1. The summed E-state index contributed by atoms with van der Waals surface area (Å²) < 4.78 is 30.1. The van der Waals surface area contributed by atoms with E-state index in [4.69, 9.17) is 0 Å². The molecule has 100 valence electrons. The summed E-state index contributed by atoms with van der Waals surface area (Å²) >= 11 is 0. The van der Waals surface area contributed by atoms with Crippen LogP contribution in [0.25, 0.3) is 0 Å². The van der Waals surface area contributed by atoms with Crippen LogP contribution in [0.4, 0.5) is 0 Å². The van der Waals surface area contributed by atoms with Crippen molar-refractivity contribution in [2.75, 3.05) is 19.4 Å². The van der Waals surface area contributed by atoms with Gasteiger partial charge in [-0.1, -0.05) is 19.3 Å². The molecule has 0 aromatic rings. The molecule has 6 heteroatoms. The molecule has 0 aliphatic heterocycles. The van der Waals surface area contributed by atoms with Crippen molar-refractivity contribution in [3.8, 4) is 0 Å². The molecular weight excluding hydrogens is 242 g/mol. The third kappa shape index (κ3) is 6.02. The molecule has 1 rings (SSSR count). The quantitative estimate of drug-likeness (QED) is 0.664. The van der Waals surface area contributed by atoms with Crippen LogP contribution in [-0.2, 0) is 19.6 Å². The minimum Gasteiger partial charge on any atom is -0.469 e. The highest BCUT2D eigenvalue weighted by molar-refractivity contribution is 7.89. The van der Waals surface area contributed by atoms with E-state index in [1.165, 1.54) is 26.4 Å². The lowest BCUT2D eigenvalue weighted by Gasteiger charge is -2.25. The van der Waals surface area contributed by atoms with Crippen molar-refractivity contribution in [2.45, 2.75) is 38.5 Å². The molecule has 1 N–H and O–H groups in total. The van der Waals surface area contributed by atoms with Crippen molar-refractivity contribution in [1.82, 2.24) is 4.72 Å². The van der Waals surface area contributed by atoms with Crippen LogP contribution in [0.1, 0.15) is 38.5 Å². The van der Waals surface area contributed by atoms with Crippen molar-refractivity contribution < 1.29 is 17.9 Å². The molecule has 1 aliphatic carbocycles. The van der Waals surface area contributed by atoms with Gasteiger partial charge in [-0.2, -0.15) is 0 Å². The highest BCUT2D eigenvalue weighted by atomic mass is 32.2. The molecule has 0 atom stereocenters. The lowest BCUT2D eigenvalue weighted by Crippen LogP contribution is -2.29. The van der Waals surface area contributed by atoms with E-state index in [9.17, 15) is 13.2 Å². The second-order valence-electron chi connectivity index (χ2n) is 4.48. The average molecular weight is 263 g/mol. The molecular formula is C11H21NO4S. The lowest BCUT2D eigenvalue weighted by molar-refractivity contribution is -0.140. The molecule has 0 saturated heterocycles. The topological polar surface area (TPSA) is 72.5 Å². The van der Waals surface area contributed by atoms with Gasteiger partial charge in [0.1, 0.15) is 0 Å². The van der Waals surface area contributed by atoms with E-state index in [0.29, 0.717) is 18.9 Å². The van der Waals surface area contributed by atoms with Gasteiger partial charge < -0.3 is 4.74 Å². The molecule has 1 aliphatic rings. The van der Waals surface area contributed by atoms with Crippen LogP contribution >= 0.6 is 0 Å². The van der Waals surface area contributed by atoms with Gasteiger partial charge in [0.05, 0.1) is 12.9 Å². The van der Waals surface area contributed by atoms with Crippen LogP contribution in [0.5, 0.6) is 0 Å². The number of esters is 1. The SMILES string of the molecule is COC(=O)CCCS(=O)(=O)NCCC1CCC1. The highest BCUT2D eigenvalue weighted by Gasteiger charge is 2.18. The largest absolute Gasteiger partial charge is 0.469 e. The van der Waals surface area contributed by atoms with Gasteiger partial charge >= 0.3 is 5.97 Å². The van der Waals surface area contributed by atoms with Crippen LogP contribution in [0.2, 0.25) is 0 Å². The van der Waals surface area contributed by atoms with Gasteiger partial charge in [-0.3, -0.25) is 4.79 Å². The van der Waals surface area contributed by atoms with Gasteiger partial charge in [0.15, 0.2) is 0 Å². The summed E-state index contributed by atoms with van der Waals surface area (Å²) in [4.78, 5) is 10.8. The Kier molecular flexibility index (Phi) is 5.91. The first-order valence-corrected chi connectivity index (χ1v) is 7.73. The smallest absolute Gasteiger partial charge is 0.305 e. The van der Waals surface area contributed by atoms with Gasteiger partial charge in [0, 0.05) is 13.0 Å². The molecule has 0 spiro atoms. The van der Waals surface area contributed by atoms with E-state index in [-0.39, 0.29) is 18.1 Å². The summed E-state index contributed by atoms with van der Waals surface area (Å²) in [5, 5.41) is 0. The predicted molar refractivity (Wildman–Crippen MR) is 65.0 cm³/mol. The minimum absolute atomic E-state index is 0.00718. The summed E-state index contributed by atoms with van der Waals surface area (Å²) in [6, 6.07) is 0. The molecule has 0 bridgehead atoms. The monoisotopic (exact) mass is 263 g/mol. The van der Waals surface area contributed by atoms with Gasteiger partial charge in [0.25, 0.3) is 0 Å². The van der Waals surface area contributed by atoms with Gasteiger partial charge in [-0.05, 0) is 18.8 Å². The summed E-state index contributed by atoms with van der Waals surface area (Å²) in [6.07, 6.45) is 5.12. The lowest BCUT2D eigenvalue weighted by atomic mass is 9.83. The van der Waals surface area contributed by atoms with Crippen LogP contribution in [0.3, 0.4) is 0 Å². The van der Waals surface area contributed by atoms with Crippen molar-refractivity contribution in [2.24, 2.45) is 5.92 Å². The summed E-state index contributed by atoms with van der Waals surface area (Å²) in [5.41, 5.74) is 0. The van der Waals surface area contributed by atoms with Gasteiger partial charge in [-0.15, -0.1) is 0 Å². The Balaban J connectivity index is 2.09. The fourth-order valence-corrected chi connectivity index (χ4v) is 2.88. The molecule has 0 radical (unpaired) electrons. The molecule has 0 heterocycles. The first kappa shape index (κ1) is 14.4. The minimum atomic E-state index is -3.22. The Morgan fingerprint density at radius 1 is 1.41 bits per heavy atom. The Labute approximate surface area is 103 Å². The van der Waals surface area contributed by atoms with E-state index in [1.54, 1.807) is 0 Å². The predicted octanol–water partition coefficient (Wildman–Crippen LogP) is 1.05. The van der Waals surface area contributed by atoms with Crippen molar-refractivity contribution in [3.05, 3.63) is 0 Å². The van der Waals surface area contributed by atoms with Gasteiger partial charge in [0.2, 0.25) is 10.0 Å². The number of carbonyl (C=O) groups is 1. The molecule has 17 heavy (non-hydrogen) atoms. The van der Waals surface area contributed by atoms with Crippen LogP contribution in [0, 0.1) is 5.92 Å². The zero-order valence-corrected chi connectivity index (χ0v) is 11.1. The number of hydrogen-bond donors (Lipinski definition) is 1. The van der Waals surface area contributed by atoms with E-state index in [0.717, 1.165) is 6.42 Å². The van der Waals surface area contributed by atoms with Crippen LogP contribution in [0.15, 0.2) is 0 Å². The number of ether oxygens (including phenoxy) is 1. The molecule has 1 saturated carbocycles. The molecule has 0 unspecified atom stereocenters. The van der Waals surface area contributed by atoms with E-state index in [1.807, 2.05) is 0 Å². The highest BCUT2D eigenvalue weighted by Crippen LogP contribution is 2.28. The van der Waals surface area contributed by atoms with Crippen LogP contribution < -0.4 is 4.72 Å². The van der Waals surface area contributed by atoms with Crippen molar-refractivity contribution >= 4 is 16.0 Å². The van der Waals surface area contributed by atoms with Gasteiger partial charge in [-0.25, -0.2) is 13.1 Å². The first-order chi connectivity index (χ1) is 8.03. The second-order valence-corrected chi connectivity index (χ2v) is 6.40. The van der Waals surface area contributed by atoms with E-state index < -0.39 is 10.0 Å². The Morgan fingerprint density at radius 2 is 2.12 bits per heavy atom. The maximum absolute atomic E-state index is 11.5. The summed E-state index contributed by atoms with van der Waals surface area (Å²) in [6.45, 7) is 0.519. The maximum Gasteiger partial charge on any atom is 0.305 e. The number of nitrogens with one attached hydrogen (secondary N) is 1. The fraction of sp³-hybridized carbons (Fsp3) is 0.909. The zero-order chi connectivity index (χ0) is 12.7. The Bertz CT molecular complexity index is 335. The van der Waals surface area contributed by atoms with Crippen molar-refractivity contribution in [3.63, 3.8) is 0 Å². The third-order valence-electron chi connectivity index (χ3n) is 3.12. The first-order valence-electron chi connectivity index (χ1n) is 6.07. The molecule has 0 aromatic heterocycles. The maximum atomic E-state index is 11.5. The molecule has 0 aromatic carbocycles. The standard InChI is InChI=1S/C11H21NO4S/c1-16-11(13)6-3-9-17(14,15)12-8-7-10-4-2-5-10/h10,12H,2-9H2,1H3. The fourth-order valence-electron chi connectivity index (χ4n) is 1.78. The average Bonchev–Trinajstić information content (AvgIpc) is 2.21. The molecule has 1 fully saturated rings. The Hall–Kier alpha value is -0.620. The Morgan fingerprint density at radius 3 is 2.65 bits per heavy atom. The summed E-state index contributed by atoms with van der Waals surface area (Å²) in [7, 11) is -1.92. The van der Waals surface area contributed by atoms with Crippen molar-refractivity contribution in [1.29, 1.82) is 0 Å². The molecule has 0 amide bonds.